The molecule has 0 radical (unpaired) electrons. The van der Waals surface area contributed by atoms with Gasteiger partial charge in [-0.2, -0.15) is 0 Å². The first-order valence-corrected chi connectivity index (χ1v) is 2.57. The molecule has 4 nitrogen and oxygen atoms in total. The second kappa shape index (κ2) is 5.53. The van der Waals surface area contributed by atoms with Gasteiger partial charge >= 0.3 is 5.97 Å². The van der Waals surface area contributed by atoms with Crippen molar-refractivity contribution >= 4 is 5.97 Å². The minimum atomic E-state index is -0.285. The Hall–Kier alpha value is -0.610. The fourth-order valence-electron chi connectivity index (χ4n) is 0.327. The van der Waals surface area contributed by atoms with Crippen molar-refractivity contribution in [2.24, 2.45) is 0 Å². The van der Waals surface area contributed by atoms with Crippen LogP contribution in [-0.4, -0.2) is 33.5 Å². The highest BCUT2D eigenvalue weighted by molar-refractivity contribution is 5.71. The van der Waals surface area contributed by atoms with E-state index in [1.807, 2.05) is 0 Å². The SMILES string of the molecule is COCNCC(=O)OC. The van der Waals surface area contributed by atoms with Crippen LogP contribution in [0.5, 0.6) is 0 Å². The fraction of sp³-hybridized carbons (Fsp3) is 0.800. The van der Waals surface area contributed by atoms with E-state index in [9.17, 15) is 4.79 Å². The van der Waals surface area contributed by atoms with Crippen LogP contribution in [0, 0.1) is 0 Å². The summed E-state index contributed by atoms with van der Waals surface area (Å²) < 4.78 is 8.96. The highest BCUT2D eigenvalue weighted by Gasteiger charge is 1.95. The Kier molecular flexibility index (Phi) is 5.15. The third-order valence-electron chi connectivity index (χ3n) is 0.743. The topological polar surface area (TPSA) is 47.6 Å². The predicted molar refractivity (Wildman–Crippen MR) is 31.9 cm³/mol. The lowest BCUT2D eigenvalue weighted by molar-refractivity contribution is -0.139. The van der Waals surface area contributed by atoms with Crippen molar-refractivity contribution in [1.82, 2.24) is 5.32 Å². The molecule has 0 aliphatic heterocycles. The lowest BCUT2D eigenvalue weighted by atomic mass is 10.7. The maximum Gasteiger partial charge on any atom is 0.319 e. The summed E-state index contributed by atoms with van der Waals surface area (Å²) in [5.41, 5.74) is 0. The van der Waals surface area contributed by atoms with Crippen LogP contribution >= 0.6 is 0 Å². The number of hydrogen-bond donors (Lipinski definition) is 1. The van der Waals surface area contributed by atoms with Crippen LogP contribution in [-0.2, 0) is 14.3 Å². The molecule has 4 heteroatoms. The second-order valence-electron chi connectivity index (χ2n) is 1.44. The van der Waals surface area contributed by atoms with Crippen molar-refractivity contribution in [3.8, 4) is 0 Å². The molecule has 0 amide bonds. The van der Waals surface area contributed by atoms with E-state index in [2.05, 4.69) is 14.8 Å². The summed E-state index contributed by atoms with van der Waals surface area (Å²) >= 11 is 0. The molecule has 0 saturated heterocycles. The Labute approximate surface area is 54.1 Å². The van der Waals surface area contributed by atoms with Gasteiger partial charge in [0, 0.05) is 7.11 Å². The molecule has 0 aliphatic rings. The summed E-state index contributed by atoms with van der Waals surface area (Å²) in [6.07, 6.45) is 0. The minimum Gasteiger partial charge on any atom is -0.468 e. The van der Waals surface area contributed by atoms with Crippen LogP contribution in [0.2, 0.25) is 0 Å². The fourth-order valence-corrected chi connectivity index (χ4v) is 0.327. The Morgan fingerprint density at radius 3 is 2.67 bits per heavy atom. The molecular weight excluding hydrogens is 122 g/mol. The molecule has 0 aromatic rings. The average molecular weight is 133 g/mol. The minimum absolute atomic E-state index is 0.199. The highest BCUT2D eigenvalue weighted by Crippen LogP contribution is 1.68. The number of ether oxygens (including phenoxy) is 2. The van der Waals surface area contributed by atoms with Gasteiger partial charge in [0.2, 0.25) is 0 Å². The number of nitrogens with one attached hydrogen (secondary N) is 1. The van der Waals surface area contributed by atoms with Gasteiger partial charge in [-0.3, -0.25) is 10.1 Å². The molecule has 0 fully saturated rings. The first-order valence-electron chi connectivity index (χ1n) is 2.57. The summed E-state index contributed by atoms with van der Waals surface area (Å²) in [5.74, 6) is -0.285. The highest BCUT2D eigenvalue weighted by atomic mass is 16.5. The van der Waals surface area contributed by atoms with Crippen molar-refractivity contribution in [3.05, 3.63) is 0 Å². The van der Waals surface area contributed by atoms with Crippen molar-refractivity contribution in [1.29, 1.82) is 0 Å². The van der Waals surface area contributed by atoms with Crippen molar-refractivity contribution in [2.75, 3.05) is 27.5 Å². The largest absolute Gasteiger partial charge is 0.468 e. The van der Waals surface area contributed by atoms with Crippen LogP contribution in [0.1, 0.15) is 0 Å². The van der Waals surface area contributed by atoms with Gasteiger partial charge in [-0.05, 0) is 0 Å². The van der Waals surface area contributed by atoms with E-state index < -0.39 is 0 Å². The quantitative estimate of drug-likeness (QED) is 0.314. The van der Waals surface area contributed by atoms with Crippen LogP contribution in [0.25, 0.3) is 0 Å². The molecule has 54 valence electrons. The average Bonchev–Trinajstić information content (AvgIpc) is 1.89. The number of hydrogen-bond acceptors (Lipinski definition) is 4. The molecule has 0 aromatic heterocycles. The maximum absolute atomic E-state index is 10.3. The monoisotopic (exact) mass is 133 g/mol. The van der Waals surface area contributed by atoms with Crippen molar-refractivity contribution in [3.63, 3.8) is 0 Å². The zero-order valence-electron chi connectivity index (χ0n) is 5.64. The van der Waals surface area contributed by atoms with Crippen LogP contribution in [0.3, 0.4) is 0 Å². The summed E-state index contributed by atoms with van der Waals surface area (Å²) in [6.45, 7) is 0.569. The Bertz CT molecular complexity index is 84.3. The Morgan fingerprint density at radius 2 is 2.22 bits per heavy atom. The molecule has 0 bridgehead atoms. The van der Waals surface area contributed by atoms with Gasteiger partial charge in [0.15, 0.2) is 0 Å². The van der Waals surface area contributed by atoms with Gasteiger partial charge < -0.3 is 9.47 Å². The van der Waals surface area contributed by atoms with E-state index in [1.54, 1.807) is 7.11 Å². The van der Waals surface area contributed by atoms with E-state index in [-0.39, 0.29) is 12.5 Å². The van der Waals surface area contributed by atoms with Gasteiger partial charge in [0.25, 0.3) is 0 Å². The molecule has 0 heterocycles. The van der Waals surface area contributed by atoms with Gasteiger partial charge in [-0.15, -0.1) is 0 Å². The number of carbonyl (C=O) groups is 1. The van der Waals surface area contributed by atoms with E-state index in [1.165, 1.54) is 7.11 Å². The van der Waals surface area contributed by atoms with E-state index in [4.69, 9.17) is 0 Å². The summed E-state index contributed by atoms with van der Waals surface area (Å²) in [4.78, 5) is 10.3. The van der Waals surface area contributed by atoms with Crippen molar-refractivity contribution < 1.29 is 14.3 Å². The molecule has 0 unspecified atom stereocenters. The number of rotatable bonds is 4. The lowest BCUT2D eigenvalue weighted by Crippen LogP contribution is -2.25. The van der Waals surface area contributed by atoms with Gasteiger partial charge in [-0.1, -0.05) is 0 Å². The molecule has 0 atom stereocenters. The van der Waals surface area contributed by atoms with Crippen LogP contribution in [0.4, 0.5) is 0 Å². The Morgan fingerprint density at radius 1 is 1.56 bits per heavy atom. The van der Waals surface area contributed by atoms with Crippen LogP contribution < -0.4 is 5.32 Å². The molecule has 0 aliphatic carbocycles. The molecule has 1 N–H and O–H groups in total. The summed E-state index contributed by atoms with van der Waals surface area (Å²) in [6, 6.07) is 0. The summed E-state index contributed by atoms with van der Waals surface area (Å²) in [7, 11) is 2.89. The van der Waals surface area contributed by atoms with Gasteiger partial charge in [0.1, 0.15) is 0 Å². The zero-order chi connectivity index (χ0) is 7.11. The standard InChI is InChI=1S/C5H11NO3/c1-8-4-6-3-5(7)9-2/h6H,3-4H2,1-2H3. The molecular formula is C5H11NO3. The van der Waals surface area contributed by atoms with Crippen molar-refractivity contribution in [2.45, 2.75) is 0 Å². The third kappa shape index (κ3) is 5.26. The zero-order valence-corrected chi connectivity index (χ0v) is 5.64. The van der Waals surface area contributed by atoms with E-state index >= 15 is 0 Å². The number of methoxy groups -OCH3 is 2. The first kappa shape index (κ1) is 8.39. The van der Waals surface area contributed by atoms with Gasteiger partial charge in [-0.25, -0.2) is 0 Å². The smallest absolute Gasteiger partial charge is 0.319 e. The first-order chi connectivity index (χ1) is 4.31. The number of carbonyl (C=O) groups excluding carboxylic acids is 1. The predicted octanol–water partition coefficient (Wildman–Crippen LogP) is -0.647. The van der Waals surface area contributed by atoms with E-state index in [0.29, 0.717) is 6.73 Å². The van der Waals surface area contributed by atoms with Crippen LogP contribution in [0.15, 0.2) is 0 Å². The Balaban J connectivity index is 2.97. The number of esters is 1. The normalized spacial score (nSPS) is 9.11. The molecule has 0 saturated carbocycles. The van der Waals surface area contributed by atoms with Gasteiger partial charge in [0.05, 0.1) is 20.4 Å². The second-order valence-corrected chi connectivity index (χ2v) is 1.44. The van der Waals surface area contributed by atoms with E-state index in [0.717, 1.165) is 0 Å². The molecule has 0 rings (SSSR count). The maximum atomic E-state index is 10.3. The molecule has 0 spiro atoms. The summed E-state index contributed by atoms with van der Waals surface area (Å²) in [5, 5.41) is 2.69. The third-order valence-corrected chi connectivity index (χ3v) is 0.743. The lowest BCUT2D eigenvalue weighted by Gasteiger charge is -1.99. The molecule has 9 heavy (non-hydrogen) atoms. The molecule has 0 aromatic carbocycles.